The summed E-state index contributed by atoms with van der Waals surface area (Å²) in [5.74, 6) is 1.38. The van der Waals surface area contributed by atoms with E-state index in [4.69, 9.17) is 9.47 Å². The summed E-state index contributed by atoms with van der Waals surface area (Å²) in [6, 6.07) is 23.6. The number of benzene rings is 3. The SMILES string of the molecule is COc1ccc(CCN(Cc2ccccc2)C(=O)Nc2cccc(C)c2)cc1OC. The molecule has 0 spiro atoms. The van der Waals surface area contributed by atoms with E-state index in [0.717, 1.165) is 22.4 Å². The van der Waals surface area contributed by atoms with Gasteiger partial charge in [-0.25, -0.2) is 4.79 Å². The van der Waals surface area contributed by atoms with Gasteiger partial charge in [-0.2, -0.15) is 0 Å². The molecule has 0 unspecified atom stereocenters. The Morgan fingerprint density at radius 3 is 2.33 bits per heavy atom. The number of nitrogens with one attached hydrogen (secondary N) is 1. The number of aryl methyl sites for hydroxylation is 1. The van der Waals surface area contributed by atoms with Crippen LogP contribution in [-0.2, 0) is 13.0 Å². The monoisotopic (exact) mass is 404 g/mol. The van der Waals surface area contributed by atoms with Crippen LogP contribution in [0.2, 0.25) is 0 Å². The summed E-state index contributed by atoms with van der Waals surface area (Å²) in [6.45, 7) is 3.11. The second kappa shape index (κ2) is 10.3. The summed E-state index contributed by atoms with van der Waals surface area (Å²) in [5.41, 5.74) is 4.06. The first-order valence-corrected chi connectivity index (χ1v) is 9.96. The highest BCUT2D eigenvalue weighted by atomic mass is 16.5. The molecular formula is C25H28N2O3. The van der Waals surface area contributed by atoms with Crippen molar-refractivity contribution in [3.63, 3.8) is 0 Å². The zero-order valence-electron chi connectivity index (χ0n) is 17.7. The molecule has 3 rings (SSSR count). The zero-order valence-corrected chi connectivity index (χ0v) is 17.7. The predicted molar refractivity (Wildman–Crippen MR) is 120 cm³/mol. The minimum atomic E-state index is -0.120. The van der Waals surface area contributed by atoms with E-state index < -0.39 is 0 Å². The number of rotatable bonds is 8. The summed E-state index contributed by atoms with van der Waals surface area (Å²) >= 11 is 0. The average molecular weight is 405 g/mol. The Morgan fingerprint density at radius 1 is 0.867 bits per heavy atom. The van der Waals surface area contributed by atoms with Crippen LogP contribution in [0.25, 0.3) is 0 Å². The molecule has 0 aliphatic heterocycles. The van der Waals surface area contributed by atoms with Gasteiger partial charge in [0.05, 0.1) is 14.2 Å². The number of hydrogen-bond acceptors (Lipinski definition) is 3. The summed E-state index contributed by atoms with van der Waals surface area (Å²) in [4.78, 5) is 14.9. The van der Waals surface area contributed by atoms with Crippen LogP contribution in [0.3, 0.4) is 0 Å². The highest BCUT2D eigenvalue weighted by Crippen LogP contribution is 2.27. The highest BCUT2D eigenvalue weighted by molar-refractivity contribution is 5.89. The number of anilines is 1. The van der Waals surface area contributed by atoms with Gasteiger partial charge in [-0.3, -0.25) is 0 Å². The molecule has 5 nitrogen and oxygen atoms in total. The van der Waals surface area contributed by atoms with Crippen LogP contribution in [0.5, 0.6) is 11.5 Å². The Hall–Kier alpha value is -3.47. The minimum absolute atomic E-state index is 0.120. The maximum absolute atomic E-state index is 13.0. The number of urea groups is 1. The van der Waals surface area contributed by atoms with Gasteiger partial charge in [0.25, 0.3) is 0 Å². The second-order valence-electron chi connectivity index (χ2n) is 7.15. The third-order valence-corrected chi connectivity index (χ3v) is 4.89. The van der Waals surface area contributed by atoms with Crippen molar-refractivity contribution < 1.29 is 14.3 Å². The van der Waals surface area contributed by atoms with Gasteiger partial charge < -0.3 is 19.7 Å². The summed E-state index contributed by atoms with van der Waals surface area (Å²) < 4.78 is 10.7. The summed E-state index contributed by atoms with van der Waals surface area (Å²) in [6.07, 6.45) is 0.703. The molecule has 0 atom stereocenters. The molecule has 3 aromatic carbocycles. The maximum Gasteiger partial charge on any atom is 0.322 e. The third-order valence-electron chi connectivity index (χ3n) is 4.89. The molecule has 0 aliphatic rings. The van der Waals surface area contributed by atoms with Crippen molar-refractivity contribution in [3.05, 3.63) is 89.5 Å². The van der Waals surface area contributed by atoms with Crippen LogP contribution >= 0.6 is 0 Å². The molecule has 0 aromatic heterocycles. The van der Waals surface area contributed by atoms with E-state index in [1.54, 1.807) is 14.2 Å². The number of carbonyl (C=O) groups excluding carboxylic acids is 1. The molecular weight excluding hydrogens is 376 g/mol. The van der Waals surface area contributed by atoms with Crippen molar-refractivity contribution in [2.75, 3.05) is 26.1 Å². The standard InChI is InChI=1S/C25H28N2O3/c1-19-8-7-11-22(16-19)26-25(28)27(18-21-9-5-4-6-10-21)15-14-20-12-13-23(29-2)24(17-20)30-3/h4-13,16-17H,14-15,18H2,1-3H3,(H,26,28). The van der Waals surface area contributed by atoms with E-state index in [-0.39, 0.29) is 6.03 Å². The number of methoxy groups -OCH3 is 2. The van der Waals surface area contributed by atoms with E-state index >= 15 is 0 Å². The molecule has 3 aromatic rings. The molecule has 0 radical (unpaired) electrons. The Labute approximate surface area is 178 Å². The fourth-order valence-corrected chi connectivity index (χ4v) is 3.28. The second-order valence-corrected chi connectivity index (χ2v) is 7.15. The number of nitrogens with zero attached hydrogens (tertiary/aromatic N) is 1. The van der Waals surface area contributed by atoms with Gasteiger partial charge in [-0.05, 0) is 54.3 Å². The maximum atomic E-state index is 13.0. The molecule has 0 heterocycles. The first-order chi connectivity index (χ1) is 14.6. The van der Waals surface area contributed by atoms with Crippen LogP contribution in [0.1, 0.15) is 16.7 Å². The van der Waals surface area contributed by atoms with Crippen LogP contribution in [0.15, 0.2) is 72.8 Å². The summed E-state index contributed by atoms with van der Waals surface area (Å²) in [7, 11) is 3.24. The van der Waals surface area contributed by atoms with Crippen LogP contribution in [0, 0.1) is 6.92 Å². The van der Waals surface area contributed by atoms with E-state index in [2.05, 4.69) is 5.32 Å². The molecule has 0 aliphatic carbocycles. The fraction of sp³-hybridized carbons (Fsp3) is 0.240. The lowest BCUT2D eigenvalue weighted by molar-refractivity contribution is 0.210. The average Bonchev–Trinajstić information content (AvgIpc) is 2.77. The van der Waals surface area contributed by atoms with Crippen molar-refractivity contribution >= 4 is 11.7 Å². The molecule has 1 N–H and O–H groups in total. The Kier molecular flexibility index (Phi) is 7.33. The van der Waals surface area contributed by atoms with Crippen LogP contribution in [0.4, 0.5) is 10.5 Å². The minimum Gasteiger partial charge on any atom is -0.493 e. The van der Waals surface area contributed by atoms with E-state index in [1.807, 2.05) is 84.6 Å². The lowest BCUT2D eigenvalue weighted by Gasteiger charge is -2.24. The number of ether oxygens (including phenoxy) is 2. The van der Waals surface area contributed by atoms with E-state index in [0.29, 0.717) is 31.0 Å². The zero-order chi connectivity index (χ0) is 21.3. The molecule has 0 bridgehead atoms. The lowest BCUT2D eigenvalue weighted by Crippen LogP contribution is -2.36. The van der Waals surface area contributed by atoms with Gasteiger partial charge in [0.1, 0.15) is 0 Å². The smallest absolute Gasteiger partial charge is 0.322 e. The molecule has 30 heavy (non-hydrogen) atoms. The van der Waals surface area contributed by atoms with Crippen molar-refractivity contribution in [1.82, 2.24) is 4.90 Å². The number of carbonyl (C=O) groups is 1. The Bertz CT molecular complexity index is 973. The third kappa shape index (κ3) is 5.77. The van der Waals surface area contributed by atoms with Gasteiger partial charge in [-0.1, -0.05) is 48.5 Å². The lowest BCUT2D eigenvalue weighted by atomic mass is 10.1. The highest BCUT2D eigenvalue weighted by Gasteiger charge is 2.15. The van der Waals surface area contributed by atoms with E-state index in [9.17, 15) is 4.79 Å². The fourth-order valence-electron chi connectivity index (χ4n) is 3.28. The topological polar surface area (TPSA) is 50.8 Å². The molecule has 156 valence electrons. The van der Waals surface area contributed by atoms with Crippen molar-refractivity contribution in [2.45, 2.75) is 19.9 Å². The first-order valence-electron chi connectivity index (χ1n) is 9.96. The van der Waals surface area contributed by atoms with Gasteiger partial charge in [0, 0.05) is 18.8 Å². The van der Waals surface area contributed by atoms with Gasteiger partial charge >= 0.3 is 6.03 Å². The van der Waals surface area contributed by atoms with Crippen molar-refractivity contribution in [2.24, 2.45) is 0 Å². The molecule has 2 amide bonds. The Morgan fingerprint density at radius 2 is 1.63 bits per heavy atom. The normalized spacial score (nSPS) is 10.4. The number of hydrogen-bond donors (Lipinski definition) is 1. The molecule has 0 saturated carbocycles. The molecule has 5 heteroatoms. The van der Waals surface area contributed by atoms with Gasteiger partial charge in [0.2, 0.25) is 0 Å². The largest absolute Gasteiger partial charge is 0.493 e. The van der Waals surface area contributed by atoms with Crippen LogP contribution < -0.4 is 14.8 Å². The first kappa shape index (κ1) is 21.2. The van der Waals surface area contributed by atoms with Crippen molar-refractivity contribution in [3.8, 4) is 11.5 Å². The van der Waals surface area contributed by atoms with E-state index in [1.165, 1.54) is 0 Å². The Balaban J connectivity index is 1.74. The number of amides is 2. The molecule has 0 saturated heterocycles. The quantitative estimate of drug-likeness (QED) is 0.555. The van der Waals surface area contributed by atoms with Crippen LogP contribution in [-0.4, -0.2) is 31.7 Å². The molecule has 0 fully saturated rings. The van der Waals surface area contributed by atoms with Crippen molar-refractivity contribution in [1.29, 1.82) is 0 Å². The van der Waals surface area contributed by atoms with Gasteiger partial charge in [0.15, 0.2) is 11.5 Å². The van der Waals surface area contributed by atoms with Gasteiger partial charge in [-0.15, -0.1) is 0 Å². The predicted octanol–water partition coefficient (Wildman–Crippen LogP) is 5.29. The summed E-state index contributed by atoms with van der Waals surface area (Å²) in [5, 5.41) is 3.02.